The molecule has 1 saturated heterocycles. The minimum atomic E-state index is -0.156. The highest BCUT2D eigenvalue weighted by molar-refractivity contribution is 5.85. The van der Waals surface area contributed by atoms with E-state index in [0.29, 0.717) is 18.6 Å². The molecule has 0 radical (unpaired) electrons. The molecule has 1 fully saturated rings. The van der Waals surface area contributed by atoms with Gasteiger partial charge in [0.2, 0.25) is 0 Å². The van der Waals surface area contributed by atoms with E-state index in [4.69, 9.17) is 0 Å². The van der Waals surface area contributed by atoms with E-state index in [1.807, 2.05) is 18.2 Å². The van der Waals surface area contributed by atoms with Crippen LogP contribution in [0.15, 0.2) is 30.3 Å². The van der Waals surface area contributed by atoms with Crippen molar-refractivity contribution in [3.05, 3.63) is 35.9 Å². The van der Waals surface area contributed by atoms with Crippen molar-refractivity contribution in [1.29, 1.82) is 0 Å². The van der Waals surface area contributed by atoms with Gasteiger partial charge in [-0.05, 0) is 12.5 Å². The summed E-state index contributed by atoms with van der Waals surface area (Å²) in [6.07, 6.45) is 1.28. The van der Waals surface area contributed by atoms with Gasteiger partial charge in [0.25, 0.3) is 0 Å². The van der Waals surface area contributed by atoms with Crippen LogP contribution in [0.4, 0.5) is 0 Å². The monoisotopic (exact) mass is 225 g/mol. The van der Waals surface area contributed by atoms with E-state index in [1.165, 1.54) is 5.56 Å². The van der Waals surface area contributed by atoms with Crippen molar-refractivity contribution in [1.82, 2.24) is 5.32 Å². The first-order valence-corrected chi connectivity index (χ1v) is 5.03. The molecule has 0 aliphatic carbocycles. The van der Waals surface area contributed by atoms with E-state index in [2.05, 4.69) is 24.4 Å². The van der Waals surface area contributed by atoms with Gasteiger partial charge in [0.1, 0.15) is 5.78 Å². The van der Waals surface area contributed by atoms with Gasteiger partial charge in [-0.25, -0.2) is 0 Å². The Labute approximate surface area is 96.5 Å². The second kappa shape index (κ2) is 4.77. The number of Topliss-reactive ketones (excluding diaryl/α,β-unsaturated/α-hetero) is 1. The summed E-state index contributed by atoms with van der Waals surface area (Å²) in [6.45, 7) is 2.89. The third kappa shape index (κ3) is 2.58. The van der Waals surface area contributed by atoms with E-state index >= 15 is 0 Å². The molecule has 1 heterocycles. The Hall–Kier alpha value is -0.860. The smallest absolute Gasteiger partial charge is 0.136 e. The maximum absolute atomic E-state index is 11.4. The number of hydrogen-bond donors (Lipinski definition) is 1. The number of carbonyl (C=O) groups is 1. The van der Waals surface area contributed by atoms with Gasteiger partial charge in [-0.15, -0.1) is 12.4 Å². The molecule has 1 aliphatic rings. The van der Waals surface area contributed by atoms with Crippen LogP contribution in [-0.4, -0.2) is 12.3 Å². The molecule has 1 atom stereocenters. The standard InChI is InChI=1S/C12H15NO.ClH/c1-12(9-11(14)7-8-13-12)10-5-3-2-4-6-10;/h2-6,13H,7-9H2,1H3;1H. The summed E-state index contributed by atoms with van der Waals surface area (Å²) < 4.78 is 0. The molecule has 2 nitrogen and oxygen atoms in total. The fourth-order valence-corrected chi connectivity index (χ4v) is 2.03. The zero-order chi connectivity index (χ0) is 10.0. The summed E-state index contributed by atoms with van der Waals surface area (Å²) in [5.74, 6) is 0.357. The van der Waals surface area contributed by atoms with Gasteiger partial charge in [0.15, 0.2) is 0 Å². The Morgan fingerprint density at radius 3 is 2.53 bits per heavy atom. The Kier molecular flexibility index (Phi) is 3.89. The first kappa shape index (κ1) is 12.2. The Balaban J connectivity index is 0.00000112. The predicted molar refractivity (Wildman–Crippen MR) is 63.3 cm³/mol. The van der Waals surface area contributed by atoms with Crippen LogP contribution in [0.3, 0.4) is 0 Å². The highest BCUT2D eigenvalue weighted by atomic mass is 35.5. The van der Waals surface area contributed by atoms with Crippen molar-refractivity contribution in [3.63, 3.8) is 0 Å². The quantitative estimate of drug-likeness (QED) is 0.795. The predicted octanol–water partition coefficient (Wildman–Crippen LogP) is 2.28. The fraction of sp³-hybridized carbons (Fsp3) is 0.417. The van der Waals surface area contributed by atoms with Crippen molar-refractivity contribution in [2.24, 2.45) is 0 Å². The van der Waals surface area contributed by atoms with Crippen LogP contribution in [0.25, 0.3) is 0 Å². The largest absolute Gasteiger partial charge is 0.307 e. The molecule has 0 bridgehead atoms. The molecule has 0 saturated carbocycles. The molecule has 1 aliphatic heterocycles. The summed E-state index contributed by atoms with van der Waals surface area (Å²) in [7, 11) is 0. The summed E-state index contributed by atoms with van der Waals surface area (Å²) in [4.78, 5) is 11.4. The van der Waals surface area contributed by atoms with E-state index < -0.39 is 0 Å². The molecular formula is C12H16ClNO. The van der Waals surface area contributed by atoms with Crippen LogP contribution in [0.1, 0.15) is 25.3 Å². The molecular weight excluding hydrogens is 210 g/mol. The van der Waals surface area contributed by atoms with E-state index in [9.17, 15) is 4.79 Å². The molecule has 0 spiro atoms. The Morgan fingerprint density at radius 1 is 1.27 bits per heavy atom. The lowest BCUT2D eigenvalue weighted by molar-refractivity contribution is -0.122. The van der Waals surface area contributed by atoms with Crippen LogP contribution in [-0.2, 0) is 10.3 Å². The molecule has 1 N–H and O–H groups in total. The van der Waals surface area contributed by atoms with Gasteiger partial charge >= 0.3 is 0 Å². The highest BCUT2D eigenvalue weighted by Gasteiger charge is 2.31. The lowest BCUT2D eigenvalue weighted by Gasteiger charge is -2.34. The first-order valence-electron chi connectivity index (χ1n) is 5.03. The van der Waals surface area contributed by atoms with Crippen molar-refractivity contribution in [2.75, 3.05) is 6.54 Å². The first-order chi connectivity index (χ1) is 6.71. The van der Waals surface area contributed by atoms with Gasteiger partial charge in [-0.2, -0.15) is 0 Å². The normalized spacial score (nSPS) is 25.8. The number of rotatable bonds is 1. The fourth-order valence-electron chi connectivity index (χ4n) is 2.03. The number of piperidine rings is 1. The van der Waals surface area contributed by atoms with Gasteiger partial charge < -0.3 is 5.32 Å². The number of hydrogen-bond acceptors (Lipinski definition) is 2. The average molecular weight is 226 g/mol. The molecule has 0 aromatic heterocycles. The van der Waals surface area contributed by atoms with Crippen molar-refractivity contribution >= 4 is 18.2 Å². The average Bonchev–Trinajstić information content (AvgIpc) is 2.19. The van der Waals surface area contributed by atoms with E-state index in [-0.39, 0.29) is 17.9 Å². The number of halogens is 1. The maximum Gasteiger partial charge on any atom is 0.136 e. The highest BCUT2D eigenvalue weighted by Crippen LogP contribution is 2.27. The zero-order valence-electron chi connectivity index (χ0n) is 8.82. The van der Waals surface area contributed by atoms with E-state index in [1.54, 1.807) is 0 Å². The lowest BCUT2D eigenvalue weighted by Crippen LogP contribution is -2.46. The van der Waals surface area contributed by atoms with Crippen molar-refractivity contribution in [3.8, 4) is 0 Å². The van der Waals surface area contributed by atoms with E-state index in [0.717, 1.165) is 6.54 Å². The molecule has 3 heteroatoms. The zero-order valence-corrected chi connectivity index (χ0v) is 9.64. The lowest BCUT2D eigenvalue weighted by atomic mass is 9.83. The minimum absolute atomic E-state index is 0. The summed E-state index contributed by atoms with van der Waals surface area (Å²) in [5, 5.41) is 3.42. The van der Waals surface area contributed by atoms with Crippen LogP contribution < -0.4 is 5.32 Å². The number of nitrogens with one attached hydrogen (secondary N) is 1. The summed E-state index contributed by atoms with van der Waals surface area (Å²) >= 11 is 0. The Morgan fingerprint density at radius 2 is 1.93 bits per heavy atom. The van der Waals surface area contributed by atoms with Crippen LogP contribution in [0.5, 0.6) is 0 Å². The molecule has 2 rings (SSSR count). The molecule has 1 unspecified atom stereocenters. The van der Waals surface area contributed by atoms with Gasteiger partial charge in [0, 0.05) is 24.9 Å². The maximum atomic E-state index is 11.4. The van der Waals surface area contributed by atoms with Crippen molar-refractivity contribution < 1.29 is 4.79 Å². The third-order valence-electron chi connectivity index (χ3n) is 2.88. The number of ketones is 1. The molecule has 15 heavy (non-hydrogen) atoms. The molecule has 0 amide bonds. The summed E-state index contributed by atoms with van der Waals surface area (Å²) in [5.41, 5.74) is 1.05. The number of benzene rings is 1. The van der Waals surface area contributed by atoms with Crippen LogP contribution in [0, 0.1) is 0 Å². The second-order valence-corrected chi connectivity index (χ2v) is 4.09. The minimum Gasteiger partial charge on any atom is -0.307 e. The Bertz CT molecular complexity index is 339. The van der Waals surface area contributed by atoms with Crippen LogP contribution >= 0.6 is 12.4 Å². The number of carbonyl (C=O) groups excluding carboxylic acids is 1. The molecule has 1 aromatic rings. The third-order valence-corrected chi connectivity index (χ3v) is 2.88. The molecule has 1 aromatic carbocycles. The van der Waals surface area contributed by atoms with Gasteiger partial charge in [-0.1, -0.05) is 30.3 Å². The summed E-state index contributed by atoms with van der Waals surface area (Å²) in [6, 6.07) is 10.2. The van der Waals surface area contributed by atoms with Crippen LogP contribution in [0.2, 0.25) is 0 Å². The SMILES string of the molecule is CC1(c2ccccc2)CC(=O)CCN1.Cl. The second-order valence-electron chi connectivity index (χ2n) is 4.09. The topological polar surface area (TPSA) is 29.1 Å². The van der Waals surface area contributed by atoms with Gasteiger partial charge in [0.05, 0.1) is 0 Å². The van der Waals surface area contributed by atoms with Crippen molar-refractivity contribution in [2.45, 2.75) is 25.3 Å². The molecule has 82 valence electrons. The van der Waals surface area contributed by atoms with Gasteiger partial charge in [-0.3, -0.25) is 4.79 Å².